The van der Waals surface area contributed by atoms with Gasteiger partial charge in [0, 0.05) is 6.04 Å². The summed E-state index contributed by atoms with van der Waals surface area (Å²) in [6.07, 6.45) is 3.24. The van der Waals surface area contributed by atoms with Gasteiger partial charge in [0.2, 0.25) is 0 Å². The lowest BCUT2D eigenvalue weighted by atomic mass is 9.77. The summed E-state index contributed by atoms with van der Waals surface area (Å²) in [5, 5.41) is 7.39. The summed E-state index contributed by atoms with van der Waals surface area (Å²) in [7, 11) is 0. The number of esters is 1. The zero-order chi connectivity index (χ0) is 20.5. The summed E-state index contributed by atoms with van der Waals surface area (Å²) >= 11 is 0. The molecule has 10 nitrogen and oxygen atoms in total. The molecule has 1 aliphatic heterocycles. The minimum absolute atomic E-state index is 0.0837. The smallest absolute Gasteiger partial charge is 0.327 e. The predicted molar refractivity (Wildman–Crippen MR) is 95.9 cm³/mol. The van der Waals surface area contributed by atoms with Gasteiger partial charge in [0.05, 0.1) is 0 Å². The van der Waals surface area contributed by atoms with E-state index in [1.807, 2.05) is 0 Å². The van der Waals surface area contributed by atoms with Crippen LogP contribution in [-0.2, 0) is 19.1 Å². The van der Waals surface area contributed by atoms with Crippen LogP contribution in [0.4, 0.5) is 9.59 Å². The normalized spacial score (nSPS) is 27.9. The summed E-state index contributed by atoms with van der Waals surface area (Å²) in [5.41, 5.74) is -0.937. The van der Waals surface area contributed by atoms with E-state index in [1.165, 1.54) is 6.92 Å². The Balaban J connectivity index is 1.49. The maximum Gasteiger partial charge on any atom is 0.327 e. The van der Waals surface area contributed by atoms with Crippen molar-refractivity contribution in [3.8, 4) is 0 Å². The van der Waals surface area contributed by atoms with E-state index in [-0.39, 0.29) is 6.04 Å². The Morgan fingerprint density at radius 3 is 2.46 bits per heavy atom. The summed E-state index contributed by atoms with van der Waals surface area (Å²) in [5.74, 6) is -1.61. The van der Waals surface area contributed by atoms with Gasteiger partial charge in [-0.15, -0.1) is 0 Å². The van der Waals surface area contributed by atoms with Gasteiger partial charge in [-0.25, -0.2) is 9.59 Å². The van der Waals surface area contributed by atoms with Gasteiger partial charge in [0.25, 0.3) is 11.8 Å². The fraction of sp³-hybridized carbons (Fsp3) is 0.722. The van der Waals surface area contributed by atoms with E-state index in [2.05, 4.69) is 22.9 Å². The fourth-order valence-electron chi connectivity index (χ4n) is 3.49. The number of hydrogen-bond donors (Lipinski definition) is 3. The van der Waals surface area contributed by atoms with E-state index in [4.69, 9.17) is 4.74 Å². The Hall–Kier alpha value is -2.65. The van der Waals surface area contributed by atoms with Crippen LogP contribution in [0.3, 0.4) is 0 Å². The van der Waals surface area contributed by atoms with E-state index >= 15 is 0 Å². The molecule has 0 aromatic rings. The fourth-order valence-corrected chi connectivity index (χ4v) is 3.49. The highest BCUT2D eigenvalue weighted by molar-refractivity contribution is 6.08. The minimum atomic E-state index is -1.23. The molecule has 2 saturated carbocycles. The predicted octanol–water partition coefficient (Wildman–Crippen LogP) is 0.407. The lowest BCUT2D eigenvalue weighted by molar-refractivity contribution is -0.156. The average Bonchev–Trinajstić information content (AvgIpc) is 3.41. The Morgan fingerprint density at radius 1 is 1.21 bits per heavy atom. The van der Waals surface area contributed by atoms with Gasteiger partial charge in [0.15, 0.2) is 6.10 Å². The maximum absolute atomic E-state index is 12.7. The van der Waals surface area contributed by atoms with Gasteiger partial charge < -0.3 is 15.4 Å². The second-order valence-corrected chi connectivity index (χ2v) is 7.96. The number of carbonyl (C=O) groups is 5. The molecule has 1 unspecified atom stereocenters. The van der Waals surface area contributed by atoms with Crippen molar-refractivity contribution in [3.05, 3.63) is 0 Å². The molecule has 3 rings (SSSR count). The largest absolute Gasteiger partial charge is 0.451 e. The Kier molecular flexibility index (Phi) is 5.57. The van der Waals surface area contributed by atoms with Gasteiger partial charge in [0.1, 0.15) is 12.1 Å². The molecule has 6 amide bonds. The Bertz CT molecular complexity index is 696. The molecule has 3 aliphatic rings. The Labute approximate surface area is 162 Å². The van der Waals surface area contributed by atoms with E-state index in [1.54, 1.807) is 0 Å². The minimum Gasteiger partial charge on any atom is -0.451 e. The molecule has 0 radical (unpaired) electrons. The maximum atomic E-state index is 12.7. The van der Waals surface area contributed by atoms with Crippen molar-refractivity contribution in [2.45, 2.75) is 70.1 Å². The molecule has 0 aromatic heterocycles. The third-order valence-electron chi connectivity index (χ3n) is 5.49. The van der Waals surface area contributed by atoms with Crippen LogP contribution in [0.5, 0.6) is 0 Å². The van der Waals surface area contributed by atoms with Crippen LogP contribution in [0.25, 0.3) is 0 Å². The molecule has 1 spiro atoms. The SMILES string of the molecule is CC1CCC2(CC1)NC(=O)N(CC(=O)OC(C)C(=O)NC(=O)NC1CC1)C2=O. The first-order valence-corrected chi connectivity index (χ1v) is 9.65. The number of amides is 6. The molecule has 1 heterocycles. The van der Waals surface area contributed by atoms with E-state index < -0.39 is 48.0 Å². The number of rotatable bonds is 5. The van der Waals surface area contributed by atoms with Crippen LogP contribution in [0.15, 0.2) is 0 Å². The number of carbonyl (C=O) groups excluding carboxylic acids is 5. The summed E-state index contributed by atoms with van der Waals surface area (Å²) in [6.45, 7) is 2.84. The first kappa shape index (κ1) is 20.1. The standard InChI is InChI=1S/C18H26N4O6/c1-10-5-7-18(8-6-10)15(25)22(17(27)21-18)9-13(23)28-11(2)14(24)20-16(26)19-12-3-4-12/h10-12H,3-9H2,1-2H3,(H,21,27)(H2,19,20,24,26). The number of hydrogen-bond acceptors (Lipinski definition) is 6. The van der Waals surface area contributed by atoms with Crippen LogP contribution in [0.1, 0.15) is 52.4 Å². The van der Waals surface area contributed by atoms with Crippen LogP contribution < -0.4 is 16.0 Å². The lowest BCUT2D eigenvalue weighted by Crippen LogP contribution is -2.49. The van der Waals surface area contributed by atoms with Gasteiger partial charge in [-0.2, -0.15) is 0 Å². The zero-order valence-corrected chi connectivity index (χ0v) is 16.1. The quantitative estimate of drug-likeness (QED) is 0.457. The monoisotopic (exact) mass is 394 g/mol. The van der Waals surface area contributed by atoms with Gasteiger partial charge in [-0.1, -0.05) is 6.92 Å². The highest BCUT2D eigenvalue weighted by Gasteiger charge is 2.52. The summed E-state index contributed by atoms with van der Waals surface area (Å²) < 4.78 is 4.98. The van der Waals surface area contributed by atoms with Crippen LogP contribution >= 0.6 is 0 Å². The lowest BCUT2D eigenvalue weighted by Gasteiger charge is -2.33. The molecule has 10 heteroatoms. The van der Waals surface area contributed by atoms with Gasteiger partial charge >= 0.3 is 18.0 Å². The molecule has 2 aliphatic carbocycles. The third kappa shape index (κ3) is 4.42. The zero-order valence-electron chi connectivity index (χ0n) is 16.1. The Morgan fingerprint density at radius 2 is 1.86 bits per heavy atom. The molecule has 0 bridgehead atoms. The second kappa shape index (κ2) is 7.76. The molecule has 3 fully saturated rings. The van der Waals surface area contributed by atoms with E-state index in [9.17, 15) is 24.0 Å². The van der Waals surface area contributed by atoms with Crippen molar-refractivity contribution in [2.24, 2.45) is 5.92 Å². The highest BCUT2D eigenvalue weighted by Crippen LogP contribution is 2.36. The van der Waals surface area contributed by atoms with Crippen molar-refractivity contribution in [2.75, 3.05) is 6.54 Å². The molecule has 1 atom stereocenters. The number of nitrogens with zero attached hydrogens (tertiary/aromatic N) is 1. The van der Waals surface area contributed by atoms with Crippen LogP contribution in [0, 0.1) is 5.92 Å². The van der Waals surface area contributed by atoms with E-state index in [0.29, 0.717) is 18.8 Å². The van der Waals surface area contributed by atoms with Crippen molar-refractivity contribution in [1.82, 2.24) is 20.9 Å². The topological polar surface area (TPSA) is 134 Å². The highest BCUT2D eigenvalue weighted by atomic mass is 16.5. The molecule has 0 aromatic carbocycles. The van der Waals surface area contributed by atoms with Gasteiger partial charge in [-0.05, 0) is 51.4 Å². The second-order valence-electron chi connectivity index (χ2n) is 7.96. The molecule has 3 N–H and O–H groups in total. The number of urea groups is 2. The molecule has 1 saturated heterocycles. The van der Waals surface area contributed by atoms with Crippen molar-refractivity contribution < 1.29 is 28.7 Å². The summed E-state index contributed by atoms with van der Waals surface area (Å²) in [4.78, 5) is 61.4. The van der Waals surface area contributed by atoms with Gasteiger partial charge in [-0.3, -0.25) is 24.6 Å². The van der Waals surface area contributed by atoms with Crippen molar-refractivity contribution >= 4 is 29.8 Å². The molecule has 154 valence electrons. The average molecular weight is 394 g/mol. The first-order valence-electron chi connectivity index (χ1n) is 9.65. The molecular formula is C18H26N4O6. The van der Waals surface area contributed by atoms with Crippen molar-refractivity contribution in [3.63, 3.8) is 0 Å². The number of ether oxygens (including phenoxy) is 1. The number of nitrogens with one attached hydrogen (secondary N) is 3. The molecular weight excluding hydrogens is 368 g/mol. The number of imide groups is 2. The third-order valence-corrected chi connectivity index (χ3v) is 5.49. The summed E-state index contributed by atoms with van der Waals surface area (Å²) in [6, 6.07) is -1.18. The van der Waals surface area contributed by atoms with Crippen LogP contribution in [-0.4, -0.2) is 59.0 Å². The van der Waals surface area contributed by atoms with Crippen molar-refractivity contribution in [1.29, 1.82) is 0 Å². The van der Waals surface area contributed by atoms with Crippen LogP contribution in [0.2, 0.25) is 0 Å². The molecule has 28 heavy (non-hydrogen) atoms. The van der Waals surface area contributed by atoms with E-state index in [0.717, 1.165) is 30.6 Å². The first-order chi connectivity index (χ1) is 13.2.